The normalized spacial score (nSPS) is 10.7. The minimum absolute atomic E-state index is 0.178. The molecule has 0 aliphatic carbocycles. The first-order chi connectivity index (χ1) is 11.1. The molecule has 0 bridgehead atoms. The highest BCUT2D eigenvalue weighted by molar-refractivity contribution is 5.92. The summed E-state index contributed by atoms with van der Waals surface area (Å²) in [5, 5.41) is 0. The van der Waals surface area contributed by atoms with Crippen molar-refractivity contribution >= 4 is 11.9 Å². The lowest BCUT2D eigenvalue weighted by Gasteiger charge is -2.03. The number of unbranched alkanes of at least 4 members (excludes halogenated alkanes) is 5. The molecule has 0 aliphatic heterocycles. The highest BCUT2D eigenvalue weighted by Gasteiger charge is 2.06. The van der Waals surface area contributed by atoms with Gasteiger partial charge in [0.25, 0.3) is 0 Å². The number of benzene rings is 1. The summed E-state index contributed by atoms with van der Waals surface area (Å²) in [7, 11) is 0. The van der Waals surface area contributed by atoms with Gasteiger partial charge in [0.2, 0.25) is 0 Å². The second-order valence-electron chi connectivity index (χ2n) is 5.12. The summed E-state index contributed by atoms with van der Waals surface area (Å²) in [5.41, 5.74) is 0. The zero-order valence-corrected chi connectivity index (χ0v) is 13.4. The molecule has 0 aromatic heterocycles. The van der Waals surface area contributed by atoms with Gasteiger partial charge in [0.15, 0.2) is 11.6 Å². The first kappa shape index (κ1) is 18.9. The van der Waals surface area contributed by atoms with Crippen molar-refractivity contribution in [3.8, 4) is 5.75 Å². The van der Waals surface area contributed by atoms with E-state index in [4.69, 9.17) is 9.47 Å². The van der Waals surface area contributed by atoms with Crippen molar-refractivity contribution < 1.29 is 23.5 Å². The molecular weight excluding hydrogens is 299 g/mol. The van der Waals surface area contributed by atoms with Crippen LogP contribution in [0.3, 0.4) is 0 Å². The quantitative estimate of drug-likeness (QED) is 0.280. The molecular formula is C18H23FO4. The molecule has 0 heterocycles. The van der Waals surface area contributed by atoms with Gasteiger partial charge in [-0.05, 0) is 18.6 Å². The molecule has 23 heavy (non-hydrogen) atoms. The van der Waals surface area contributed by atoms with E-state index in [0.717, 1.165) is 31.4 Å². The molecule has 0 fully saturated rings. The molecule has 0 atom stereocenters. The number of hydrogen-bond acceptors (Lipinski definition) is 4. The van der Waals surface area contributed by atoms with Crippen molar-refractivity contribution in [3.63, 3.8) is 0 Å². The molecule has 0 saturated heterocycles. The lowest BCUT2D eigenvalue weighted by atomic mass is 10.1. The Labute approximate surface area is 136 Å². The Morgan fingerprint density at radius 2 is 1.65 bits per heavy atom. The van der Waals surface area contributed by atoms with Gasteiger partial charge in [-0.25, -0.2) is 14.0 Å². The summed E-state index contributed by atoms with van der Waals surface area (Å²) in [6, 6.07) is 5.55. The Morgan fingerprint density at radius 1 is 1.00 bits per heavy atom. The Bertz CT molecular complexity index is 526. The summed E-state index contributed by atoms with van der Waals surface area (Å²) in [6.45, 7) is 2.49. The molecule has 4 nitrogen and oxygen atoms in total. The number of para-hydroxylation sites is 1. The van der Waals surface area contributed by atoms with Crippen molar-refractivity contribution in [1.29, 1.82) is 0 Å². The Kier molecular flexibility index (Phi) is 9.36. The first-order valence-corrected chi connectivity index (χ1v) is 7.94. The number of carbonyl (C=O) groups excluding carboxylic acids is 2. The fourth-order valence-electron chi connectivity index (χ4n) is 1.91. The predicted octanol–water partition coefficient (Wildman–Crippen LogP) is 4.19. The van der Waals surface area contributed by atoms with Crippen molar-refractivity contribution in [2.45, 2.75) is 45.4 Å². The fourth-order valence-corrected chi connectivity index (χ4v) is 1.91. The van der Waals surface area contributed by atoms with Gasteiger partial charge in [-0.3, -0.25) is 0 Å². The van der Waals surface area contributed by atoms with Crippen LogP contribution in [0.15, 0.2) is 36.4 Å². The van der Waals surface area contributed by atoms with Crippen LogP contribution in [0.25, 0.3) is 0 Å². The lowest BCUT2D eigenvalue weighted by Crippen LogP contribution is -2.08. The second kappa shape index (κ2) is 11.4. The zero-order valence-electron chi connectivity index (χ0n) is 13.4. The van der Waals surface area contributed by atoms with E-state index in [2.05, 4.69) is 6.92 Å². The third kappa shape index (κ3) is 8.76. The zero-order chi connectivity index (χ0) is 16.9. The number of esters is 2. The summed E-state index contributed by atoms with van der Waals surface area (Å²) >= 11 is 0. The first-order valence-electron chi connectivity index (χ1n) is 7.94. The van der Waals surface area contributed by atoms with Crippen LogP contribution in [-0.2, 0) is 14.3 Å². The number of hydrogen-bond donors (Lipinski definition) is 0. The minimum Gasteiger partial charge on any atom is -0.463 e. The van der Waals surface area contributed by atoms with Gasteiger partial charge in [0.1, 0.15) is 0 Å². The van der Waals surface area contributed by atoms with E-state index in [1.807, 2.05) is 0 Å². The molecule has 1 aromatic rings. The molecule has 1 rings (SSSR count). The summed E-state index contributed by atoms with van der Waals surface area (Å²) in [4.78, 5) is 22.9. The van der Waals surface area contributed by atoms with Gasteiger partial charge < -0.3 is 9.47 Å². The van der Waals surface area contributed by atoms with E-state index in [-0.39, 0.29) is 5.75 Å². The largest absolute Gasteiger partial charge is 0.463 e. The van der Waals surface area contributed by atoms with E-state index < -0.39 is 17.8 Å². The maximum atomic E-state index is 13.3. The topological polar surface area (TPSA) is 52.6 Å². The average molecular weight is 322 g/mol. The molecule has 0 aliphatic rings. The third-order valence-electron chi connectivity index (χ3n) is 3.14. The smallest absolute Gasteiger partial charge is 0.336 e. The van der Waals surface area contributed by atoms with E-state index in [0.29, 0.717) is 6.61 Å². The minimum atomic E-state index is -0.827. The van der Waals surface area contributed by atoms with Crippen LogP contribution in [0.1, 0.15) is 45.4 Å². The lowest BCUT2D eigenvalue weighted by molar-refractivity contribution is -0.138. The molecule has 0 radical (unpaired) electrons. The molecule has 0 N–H and O–H groups in total. The maximum Gasteiger partial charge on any atom is 0.336 e. The standard InChI is InChI=1S/C18H23FO4/c1-2-3-4-5-6-9-14-22-17(20)12-13-18(21)23-16-11-8-7-10-15(16)19/h7-8,10-13H,2-6,9,14H2,1H3/b13-12+. The monoisotopic (exact) mass is 322 g/mol. The van der Waals surface area contributed by atoms with E-state index in [1.165, 1.54) is 37.5 Å². The van der Waals surface area contributed by atoms with Crippen LogP contribution in [0.2, 0.25) is 0 Å². The van der Waals surface area contributed by atoms with Crippen LogP contribution >= 0.6 is 0 Å². The van der Waals surface area contributed by atoms with Crippen molar-refractivity contribution in [2.24, 2.45) is 0 Å². The van der Waals surface area contributed by atoms with Crippen LogP contribution in [0.5, 0.6) is 5.75 Å². The fraction of sp³-hybridized carbons (Fsp3) is 0.444. The summed E-state index contributed by atoms with van der Waals surface area (Å²) in [5.74, 6) is -2.25. The highest BCUT2D eigenvalue weighted by atomic mass is 19.1. The van der Waals surface area contributed by atoms with Gasteiger partial charge in [-0.1, -0.05) is 51.2 Å². The summed E-state index contributed by atoms with van der Waals surface area (Å²) in [6.07, 6.45) is 8.50. The average Bonchev–Trinajstić information content (AvgIpc) is 2.54. The number of halogens is 1. The van der Waals surface area contributed by atoms with Crippen molar-refractivity contribution in [2.75, 3.05) is 6.61 Å². The molecule has 0 spiro atoms. The van der Waals surface area contributed by atoms with E-state index in [9.17, 15) is 14.0 Å². The molecule has 1 aromatic carbocycles. The molecule has 0 unspecified atom stereocenters. The molecule has 0 amide bonds. The Balaban J connectivity index is 2.19. The maximum absolute atomic E-state index is 13.3. The van der Waals surface area contributed by atoms with Crippen LogP contribution in [-0.4, -0.2) is 18.5 Å². The predicted molar refractivity (Wildman–Crippen MR) is 85.5 cm³/mol. The van der Waals surface area contributed by atoms with Gasteiger partial charge in [0, 0.05) is 12.2 Å². The van der Waals surface area contributed by atoms with Gasteiger partial charge >= 0.3 is 11.9 Å². The van der Waals surface area contributed by atoms with Crippen molar-refractivity contribution in [3.05, 3.63) is 42.2 Å². The van der Waals surface area contributed by atoms with Gasteiger partial charge in [0.05, 0.1) is 6.61 Å². The Hall–Kier alpha value is -2.17. The molecule has 126 valence electrons. The SMILES string of the molecule is CCCCCCCCOC(=O)/C=C/C(=O)Oc1ccccc1F. The second-order valence-corrected chi connectivity index (χ2v) is 5.12. The van der Waals surface area contributed by atoms with Crippen molar-refractivity contribution in [1.82, 2.24) is 0 Å². The van der Waals surface area contributed by atoms with E-state index >= 15 is 0 Å². The van der Waals surface area contributed by atoms with E-state index in [1.54, 1.807) is 6.07 Å². The highest BCUT2D eigenvalue weighted by Crippen LogP contribution is 2.15. The molecule has 5 heteroatoms. The third-order valence-corrected chi connectivity index (χ3v) is 3.14. The van der Waals surface area contributed by atoms with Crippen LogP contribution in [0.4, 0.5) is 4.39 Å². The number of ether oxygens (including phenoxy) is 2. The summed E-state index contributed by atoms with van der Waals surface area (Å²) < 4.78 is 23.0. The van der Waals surface area contributed by atoms with Gasteiger partial charge in [-0.2, -0.15) is 0 Å². The van der Waals surface area contributed by atoms with Gasteiger partial charge in [-0.15, -0.1) is 0 Å². The number of carbonyl (C=O) groups is 2. The van der Waals surface area contributed by atoms with Crippen LogP contribution in [0, 0.1) is 5.82 Å². The Morgan fingerprint density at radius 3 is 2.39 bits per heavy atom. The number of rotatable bonds is 10. The molecule has 0 saturated carbocycles. The van der Waals surface area contributed by atoms with Crippen LogP contribution < -0.4 is 4.74 Å².